The molecule has 0 unspecified atom stereocenters. The van der Waals surface area contributed by atoms with Crippen molar-refractivity contribution >= 4 is 11.9 Å². The molecule has 0 saturated heterocycles. The van der Waals surface area contributed by atoms with Crippen LogP contribution in [0.4, 0.5) is 5.69 Å². The third kappa shape index (κ3) is 3.40. The second-order valence-corrected chi connectivity index (χ2v) is 4.48. The molecule has 0 heterocycles. The molecule has 0 fully saturated rings. The molecule has 2 aromatic rings. The fraction of sp³-hybridized carbons (Fsp3) is 0.176. The number of methoxy groups -OCH3 is 2. The van der Waals surface area contributed by atoms with Crippen molar-refractivity contribution in [3.8, 4) is 17.6 Å². The lowest BCUT2D eigenvalue weighted by molar-refractivity contribution is 0.354. The maximum atomic E-state index is 8.77. The SMILES string of the molecule is COc1cc(C)c(C=Nc2ccc(C#N)cc2)cc1OC. The van der Waals surface area contributed by atoms with Gasteiger partial charge in [-0.2, -0.15) is 5.26 Å². The summed E-state index contributed by atoms with van der Waals surface area (Å²) in [4.78, 5) is 4.41. The van der Waals surface area contributed by atoms with Gasteiger partial charge in [0.25, 0.3) is 0 Å². The standard InChI is InChI=1S/C17H16N2O2/c1-12-8-16(20-2)17(21-3)9-14(12)11-19-15-6-4-13(10-18)5-7-15/h4-9,11H,1-3H3. The van der Waals surface area contributed by atoms with Crippen molar-refractivity contribution in [2.45, 2.75) is 6.92 Å². The third-order valence-electron chi connectivity index (χ3n) is 3.12. The van der Waals surface area contributed by atoms with Crippen LogP contribution in [0.5, 0.6) is 11.5 Å². The highest BCUT2D eigenvalue weighted by molar-refractivity contribution is 5.85. The van der Waals surface area contributed by atoms with E-state index in [0.29, 0.717) is 17.1 Å². The number of aryl methyl sites for hydroxylation is 1. The van der Waals surface area contributed by atoms with Crippen LogP contribution >= 0.6 is 0 Å². The van der Waals surface area contributed by atoms with Gasteiger partial charge in [0.2, 0.25) is 0 Å². The Bertz CT molecular complexity index is 698. The van der Waals surface area contributed by atoms with Crippen LogP contribution in [-0.2, 0) is 0 Å². The molecule has 106 valence electrons. The van der Waals surface area contributed by atoms with E-state index in [4.69, 9.17) is 14.7 Å². The van der Waals surface area contributed by atoms with Gasteiger partial charge in [0, 0.05) is 6.21 Å². The van der Waals surface area contributed by atoms with Crippen molar-refractivity contribution in [2.24, 2.45) is 4.99 Å². The van der Waals surface area contributed by atoms with E-state index in [-0.39, 0.29) is 0 Å². The maximum absolute atomic E-state index is 8.77. The van der Waals surface area contributed by atoms with E-state index in [0.717, 1.165) is 16.8 Å². The average Bonchev–Trinajstić information content (AvgIpc) is 2.53. The number of nitrogens with zero attached hydrogens (tertiary/aromatic N) is 2. The van der Waals surface area contributed by atoms with Crippen LogP contribution in [0.1, 0.15) is 16.7 Å². The first-order valence-electron chi connectivity index (χ1n) is 6.44. The molecule has 0 saturated carbocycles. The maximum Gasteiger partial charge on any atom is 0.161 e. The van der Waals surface area contributed by atoms with Gasteiger partial charge < -0.3 is 9.47 Å². The Morgan fingerprint density at radius 2 is 1.67 bits per heavy atom. The van der Waals surface area contributed by atoms with Crippen molar-refractivity contribution in [3.05, 3.63) is 53.1 Å². The summed E-state index contributed by atoms with van der Waals surface area (Å²) < 4.78 is 10.6. The molecule has 0 N–H and O–H groups in total. The van der Waals surface area contributed by atoms with E-state index in [1.165, 1.54) is 0 Å². The largest absolute Gasteiger partial charge is 0.493 e. The van der Waals surface area contributed by atoms with E-state index in [1.807, 2.05) is 31.2 Å². The zero-order valence-corrected chi connectivity index (χ0v) is 12.3. The van der Waals surface area contributed by atoms with Crippen LogP contribution in [0.15, 0.2) is 41.4 Å². The minimum Gasteiger partial charge on any atom is -0.493 e. The lowest BCUT2D eigenvalue weighted by Crippen LogP contribution is -1.95. The summed E-state index contributed by atoms with van der Waals surface area (Å²) in [6.07, 6.45) is 1.78. The van der Waals surface area contributed by atoms with Crippen molar-refractivity contribution in [2.75, 3.05) is 14.2 Å². The number of rotatable bonds is 4. The molecular formula is C17H16N2O2. The number of ether oxygens (including phenoxy) is 2. The number of hydrogen-bond donors (Lipinski definition) is 0. The zero-order valence-electron chi connectivity index (χ0n) is 12.3. The second kappa shape index (κ2) is 6.58. The summed E-state index contributed by atoms with van der Waals surface area (Å²) in [5.41, 5.74) is 3.42. The molecule has 0 radical (unpaired) electrons. The zero-order chi connectivity index (χ0) is 15.2. The summed E-state index contributed by atoms with van der Waals surface area (Å²) >= 11 is 0. The number of nitriles is 1. The molecule has 0 spiro atoms. The van der Waals surface area contributed by atoms with Gasteiger partial charge >= 0.3 is 0 Å². The fourth-order valence-corrected chi connectivity index (χ4v) is 1.90. The van der Waals surface area contributed by atoms with E-state index in [1.54, 1.807) is 32.6 Å². The number of hydrogen-bond acceptors (Lipinski definition) is 4. The number of aliphatic imine (C=N–C) groups is 1. The highest BCUT2D eigenvalue weighted by Crippen LogP contribution is 2.29. The topological polar surface area (TPSA) is 54.6 Å². The van der Waals surface area contributed by atoms with Gasteiger partial charge in [-0.15, -0.1) is 0 Å². The van der Waals surface area contributed by atoms with Crippen LogP contribution in [0.25, 0.3) is 0 Å². The van der Waals surface area contributed by atoms with Crippen LogP contribution in [0, 0.1) is 18.3 Å². The van der Waals surface area contributed by atoms with Crippen molar-refractivity contribution in [1.82, 2.24) is 0 Å². The van der Waals surface area contributed by atoms with Gasteiger partial charge in [0.15, 0.2) is 11.5 Å². The number of benzene rings is 2. The molecule has 2 aromatic carbocycles. The fourth-order valence-electron chi connectivity index (χ4n) is 1.90. The van der Waals surface area contributed by atoms with E-state index >= 15 is 0 Å². The van der Waals surface area contributed by atoms with Gasteiger partial charge in [0.05, 0.1) is 31.5 Å². The molecule has 0 amide bonds. The predicted octanol–water partition coefficient (Wildman–Crippen LogP) is 3.63. The van der Waals surface area contributed by atoms with Crippen LogP contribution in [-0.4, -0.2) is 20.4 Å². The van der Waals surface area contributed by atoms with Gasteiger partial charge in [-0.05, 0) is 54.4 Å². The monoisotopic (exact) mass is 280 g/mol. The molecule has 0 aliphatic rings. The molecule has 4 heteroatoms. The normalized spacial score (nSPS) is 10.4. The predicted molar refractivity (Wildman–Crippen MR) is 82.7 cm³/mol. The summed E-state index contributed by atoms with van der Waals surface area (Å²) in [5, 5.41) is 8.77. The Hall–Kier alpha value is -2.80. The van der Waals surface area contributed by atoms with Gasteiger partial charge in [-0.25, -0.2) is 0 Å². The van der Waals surface area contributed by atoms with Crippen molar-refractivity contribution in [3.63, 3.8) is 0 Å². The lowest BCUT2D eigenvalue weighted by Gasteiger charge is -2.10. The molecule has 0 aromatic heterocycles. The van der Waals surface area contributed by atoms with Crippen molar-refractivity contribution < 1.29 is 9.47 Å². The Kier molecular flexibility index (Phi) is 4.57. The minimum atomic E-state index is 0.622. The summed E-state index contributed by atoms with van der Waals surface area (Å²) in [7, 11) is 3.22. The minimum absolute atomic E-state index is 0.622. The van der Waals surface area contributed by atoms with Gasteiger partial charge in [0.1, 0.15) is 0 Å². The lowest BCUT2D eigenvalue weighted by atomic mass is 10.1. The first kappa shape index (κ1) is 14.6. The first-order chi connectivity index (χ1) is 10.2. The Labute approximate surface area is 124 Å². The molecule has 0 bridgehead atoms. The Balaban J connectivity index is 2.29. The smallest absolute Gasteiger partial charge is 0.161 e. The summed E-state index contributed by atoms with van der Waals surface area (Å²) in [6, 6.07) is 13.0. The summed E-state index contributed by atoms with van der Waals surface area (Å²) in [6.45, 7) is 1.99. The van der Waals surface area contributed by atoms with Gasteiger partial charge in [-0.1, -0.05) is 0 Å². The second-order valence-electron chi connectivity index (χ2n) is 4.48. The van der Waals surface area contributed by atoms with E-state index < -0.39 is 0 Å². The molecule has 21 heavy (non-hydrogen) atoms. The third-order valence-corrected chi connectivity index (χ3v) is 3.12. The highest BCUT2D eigenvalue weighted by Gasteiger charge is 2.07. The van der Waals surface area contributed by atoms with E-state index in [2.05, 4.69) is 11.1 Å². The Morgan fingerprint density at radius 3 is 2.24 bits per heavy atom. The molecular weight excluding hydrogens is 264 g/mol. The molecule has 0 aliphatic carbocycles. The molecule has 0 aliphatic heterocycles. The van der Waals surface area contributed by atoms with E-state index in [9.17, 15) is 0 Å². The first-order valence-corrected chi connectivity index (χ1v) is 6.44. The Morgan fingerprint density at radius 1 is 1.05 bits per heavy atom. The molecule has 0 atom stereocenters. The molecule has 4 nitrogen and oxygen atoms in total. The van der Waals surface area contributed by atoms with Crippen LogP contribution < -0.4 is 9.47 Å². The van der Waals surface area contributed by atoms with Crippen LogP contribution in [0.3, 0.4) is 0 Å². The van der Waals surface area contributed by atoms with Crippen LogP contribution in [0.2, 0.25) is 0 Å². The van der Waals surface area contributed by atoms with Gasteiger partial charge in [-0.3, -0.25) is 4.99 Å². The highest BCUT2D eigenvalue weighted by atomic mass is 16.5. The average molecular weight is 280 g/mol. The summed E-state index contributed by atoms with van der Waals surface area (Å²) in [5.74, 6) is 1.37. The van der Waals surface area contributed by atoms with Crippen molar-refractivity contribution in [1.29, 1.82) is 5.26 Å². The quantitative estimate of drug-likeness (QED) is 0.803. The molecule has 2 rings (SSSR count).